The van der Waals surface area contributed by atoms with Crippen LogP contribution < -0.4 is 14.6 Å². The number of rotatable bonds is 7. The minimum atomic E-state index is -0.484. The van der Waals surface area contributed by atoms with Gasteiger partial charge in [-0.25, -0.2) is 4.68 Å². The lowest BCUT2D eigenvalue weighted by atomic mass is 10.0. The van der Waals surface area contributed by atoms with Gasteiger partial charge in [-0.1, -0.05) is 36.4 Å². The van der Waals surface area contributed by atoms with E-state index in [4.69, 9.17) is 9.47 Å². The molecule has 0 unspecified atom stereocenters. The number of Topliss-reactive ketones (excluding diaryl/α,β-unsaturated/α-hetero) is 1. The third-order valence-corrected chi connectivity index (χ3v) is 5.57. The van der Waals surface area contributed by atoms with E-state index in [2.05, 4.69) is 5.10 Å². The van der Waals surface area contributed by atoms with Gasteiger partial charge in [0.15, 0.2) is 5.78 Å². The molecule has 0 aliphatic carbocycles. The molecule has 0 N–H and O–H groups in total. The normalized spacial score (nSPS) is 10.7. The third kappa shape index (κ3) is 3.67. The Balaban J connectivity index is 1.90. The van der Waals surface area contributed by atoms with Gasteiger partial charge in [0.05, 0.1) is 19.8 Å². The molecule has 0 fully saturated rings. The second-order valence-electron chi connectivity index (χ2n) is 6.52. The van der Waals surface area contributed by atoms with Crippen molar-refractivity contribution in [3.8, 4) is 34.3 Å². The summed E-state index contributed by atoms with van der Waals surface area (Å²) < 4.78 is 11.9. The minimum absolute atomic E-state index is 0.0690. The van der Waals surface area contributed by atoms with E-state index >= 15 is 0 Å². The molecule has 0 spiro atoms. The predicted octanol–water partition coefficient (Wildman–Crippen LogP) is 4.12. The van der Waals surface area contributed by atoms with Gasteiger partial charge in [0.2, 0.25) is 0 Å². The maximum Gasteiger partial charge on any atom is 0.171 e. The van der Waals surface area contributed by atoms with Gasteiger partial charge in [-0.15, -0.1) is 11.3 Å². The average Bonchev–Trinajstić information content (AvgIpc) is 3.41. The van der Waals surface area contributed by atoms with Crippen LogP contribution in [0.15, 0.2) is 66.0 Å². The van der Waals surface area contributed by atoms with Crippen molar-refractivity contribution in [1.29, 1.82) is 0 Å². The first-order valence-electron chi connectivity index (χ1n) is 9.25. The second kappa shape index (κ2) is 8.42. The molecule has 2 aromatic heterocycles. The summed E-state index contributed by atoms with van der Waals surface area (Å²) in [6, 6.07) is 18.1. The molecule has 0 saturated heterocycles. The zero-order valence-corrected chi connectivity index (χ0v) is 17.3. The number of carbonyl (C=O) groups excluding carboxylic acids is 1. The number of thiophene rings is 1. The predicted molar refractivity (Wildman–Crippen MR) is 114 cm³/mol. The Kier molecular flexibility index (Phi) is 5.54. The quantitative estimate of drug-likeness (QED) is 0.421. The SMILES string of the molecule is COc1ccc(OC)c(-n2nc(-c3ccccc3)c(C(=O)Cc3cccs3)c2[O-])c1. The molecule has 0 atom stereocenters. The molecule has 30 heavy (non-hydrogen) atoms. The van der Waals surface area contributed by atoms with E-state index in [1.165, 1.54) is 30.2 Å². The number of benzene rings is 2. The molecule has 2 heterocycles. The van der Waals surface area contributed by atoms with Crippen molar-refractivity contribution in [2.75, 3.05) is 14.2 Å². The highest BCUT2D eigenvalue weighted by Gasteiger charge is 2.22. The number of nitrogens with zero attached hydrogens (tertiary/aromatic N) is 2. The molecule has 0 aliphatic rings. The van der Waals surface area contributed by atoms with Crippen LogP contribution in [0, 0.1) is 0 Å². The van der Waals surface area contributed by atoms with Crippen LogP contribution in [-0.2, 0) is 6.42 Å². The molecule has 6 nitrogen and oxygen atoms in total. The monoisotopic (exact) mass is 419 g/mol. The van der Waals surface area contributed by atoms with Crippen LogP contribution in [0.5, 0.6) is 17.4 Å². The Morgan fingerprint density at radius 1 is 1.07 bits per heavy atom. The summed E-state index contributed by atoms with van der Waals surface area (Å²) in [5.74, 6) is 0.247. The second-order valence-corrected chi connectivity index (χ2v) is 7.56. The molecule has 0 radical (unpaired) electrons. The number of aromatic nitrogens is 2. The Bertz CT molecular complexity index is 1170. The van der Waals surface area contributed by atoms with E-state index in [1.54, 1.807) is 18.2 Å². The highest BCUT2D eigenvalue weighted by Crippen LogP contribution is 2.35. The van der Waals surface area contributed by atoms with Crippen molar-refractivity contribution in [3.63, 3.8) is 0 Å². The Morgan fingerprint density at radius 3 is 2.53 bits per heavy atom. The highest BCUT2D eigenvalue weighted by molar-refractivity contribution is 7.10. The summed E-state index contributed by atoms with van der Waals surface area (Å²) in [5.41, 5.74) is 1.53. The first-order chi connectivity index (χ1) is 14.6. The van der Waals surface area contributed by atoms with E-state index < -0.39 is 5.88 Å². The molecule has 4 aromatic rings. The summed E-state index contributed by atoms with van der Waals surface area (Å²) in [6.45, 7) is 0. The Labute approximate surface area is 177 Å². The van der Waals surface area contributed by atoms with Crippen molar-refractivity contribution in [3.05, 3.63) is 76.5 Å². The van der Waals surface area contributed by atoms with E-state index in [1.807, 2.05) is 47.8 Å². The molecule has 7 heteroatoms. The lowest BCUT2D eigenvalue weighted by Gasteiger charge is -2.16. The summed E-state index contributed by atoms with van der Waals surface area (Å²) in [4.78, 5) is 14.0. The Hall–Kier alpha value is -3.58. The molecule has 0 bridgehead atoms. The van der Waals surface area contributed by atoms with Gasteiger partial charge >= 0.3 is 0 Å². The minimum Gasteiger partial charge on any atom is -0.858 e. The lowest BCUT2D eigenvalue weighted by Crippen LogP contribution is -2.10. The standard InChI is InChI=1S/C23H20N2O4S/c1-28-16-10-11-20(29-2)18(13-16)25-23(27)21(19(26)14-17-9-6-12-30-17)22(24-25)15-7-4-3-5-8-15/h3-13,27H,14H2,1-2H3/p-1. The van der Waals surface area contributed by atoms with Crippen LogP contribution in [0.4, 0.5) is 0 Å². The molecule has 0 saturated carbocycles. The molecule has 4 rings (SSSR count). The van der Waals surface area contributed by atoms with Gasteiger partial charge in [0, 0.05) is 28.8 Å². The summed E-state index contributed by atoms with van der Waals surface area (Å²) in [5, 5.41) is 19.8. The average molecular weight is 419 g/mol. The van der Waals surface area contributed by atoms with Crippen LogP contribution >= 0.6 is 11.3 Å². The van der Waals surface area contributed by atoms with Gasteiger partial charge in [-0.3, -0.25) is 4.79 Å². The fraction of sp³-hybridized carbons (Fsp3) is 0.130. The molecule has 152 valence electrons. The van der Waals surface area contributed by atoms with Gasteiger partial charge in [0.25, 0.3) is 0 Å². The summed E-state index contributed by atoms with van der Waals surface area (Å²) in [6.07, 6.45) is 0.147. The zero-order valence-electron chi connectivity index (χ0n) is 16.5. The van der Waals surface area contributed by atoms with Crippen LogP contribution in [0.25, 0.3) is 16.9 Å². The van der Waals surface area contributed by atoms with Gasteiger partial charge in [0.1, 0.15) is 22.9 Å². The number of carbonyl (C=O) groups is 1. The van der Waals surface area contributed by atoms with E-state index in [-0.39, 0.29) is 17.8 Å². The molecular weight excluding hydrogens is 400 g/mol. The van der Waals surface area contributed by atoms with Crippen molar-refractivity contribution in [1.82, 2.24) is 9.78 Å². The Morgan fingerprint density at radius 2 is 1.87 bits per heavy atom. The summed E-state index contributed by atoms with van der Waals surface area (Å²) in [7, 11) is 3.05. The smallest absolute Gasteiger partial charge is 0.171 e. The highest BCUT2D eigenvalue weighted by atomic mass is 32.1. The number of hydrogen-bond donors (Lipinski definition) is 0. The molecule has 0 aliphatic heterocycles. The fourth-order valence-corrected chi connectivity index (χ4v) is 3.94. The van der Waals surface area contributed by atoms with Crippen LogP contribution in [0.3, 0.4) is 0 Å². The van der Waals surface area contributed by atoms with Gasteiger partial charge in [-0.05, 0) is 23.6 Å². The maximum atomic E-state index is 13.4. The number of methoxy groups -OCH3 is 2. The van der Waals surface area contributed by atoms with Crippen molar-refractivity contribution < 1.29 is 19.4 Å². The molecule has 0 amide bonds. The van der Waals surface area contributed by atoms with E-state index in [0.29, 0.717) is 28.4 Å². The number of ether oxygens (including phenoxy) is 2. The molecular formula is C23H19N2O4S-. The van der Waals surface area contributed by atoms with Gasteiger partial charge < -0.3 is 14.6 Å². The van der Waals surface area contributed by atoms with Crippen molar-refractivity contribution >= 4 is 17.1 Å². The fourth-order valence-electron chi connectivity index (χ4n) is 3.24. The van der Waals surface area contributed by atoms with Crippen molar-refractivity contribution in [2.24, 2.45) is 0 Å². The first-order valence-corrected chi connectivity index (χ1v) is 10.1. The van der Waals surface area contributed by atoms with Crippen LogP contribution in [0.1, 0.15) is 15.2 Å². The van der Waals surface area contributed by atoms with Crippen LogP contribution in [-0.4, -0.2) is 29.8 Å². The lowest BCUT2D eigenvalue weighted by molar-refractivity contribution is -0.278. The number of hydrogen-bond acceptors (Lipinski definition) is 6. The van der Waals surface area contributed by atoms with Gasteiger partial charge in [-0.2, -0.15) is 5.10 Å². The topological polar surface area (TPSA) is 76.4 Å². The van der Waals surface area contributed by atoms with Crippen molar-refractivity contribution in [2.45, 2.75) is 6.42 Å². The number of ketones is 1. The van der Waals surface area contributed by atoms with E-state index in [9.17, 15) is 9.90 Å². The zero-order chi connectivity index (χ0) is 21.1. The largest absolute Gasteiger partial charge is 0.858 e. The van der Waals surface area contributed by atoms with Crippen LogP contribution in [0.2, 0.25) is 0 Å². The molecule has 2 aromatic carbocycles. The third-order valence-electron chi connectivity index (χ3n) is 4.70. The first kappa shape index (κ1) is 19.7. The van der Waals surface area contributed by atoms with E-state index in [0.717, 1.165) is 4.88 Å². The summed E-state index contributed by atoms with van der Waals surface area (Å²) >= 11 is 1.48. The maximum absolute atomic E-state index is 13.4.